The second-order valence-corrected chi connectivity index (χ2v) is 5.12. The van der Waals surface area contributed by atoms with Crippen molar-refractivity contribution in [3.05, 3.63) is 41.5 Å². The van der Waals surface area contributed by atoms with E-state index in [0.29, 0.717) is 10.6 Å². The third-order valence-electron chi connectivity index (χ3n) is 2.68. The maximum atomic E-state index is 13.1. The van der Waals surface area contributed by atoms with Crippen LogP contribution in [0.3, 0.4) is 0 Å². The van der Waals surface area contributed by atoms with Gasteiger partial charge in [-0.3, -0.25) is 0 Å². The molecule has 4 nitrogen and oxygen atoms in total. The summed E-state index contributed by atoms with van der Waals surface area (Å²) in [6.45, 7) is 1.57. The molecule has 6 heteroatoms. The molecule has 1 aromatic carbocycles. The van der Waals surface area contributed by atoms with Crippen LogP contribution in [0.25, 0.3) is 20.9 Å². The van der Waals surface area contributed by atoms with Gasteiger partial charge in [0, 0.05) is 4.70 Å². The van der Waals surface area contributed by atoms with Crippen LogP contribution >= 0.6 is 11.3 Å². The lowest BCUT2D eigenvalue weighted by Crippen LogP contribution is -1.95. The van der Waals surface area contributed by atoms with E-state index in [1.54, 1.807) is 19.1 Å². The monoisotopic (exact) mass is 277 g/mol. The van der Waals surface area contributed by atoms with Crippen molar-refractivity contribution in [3.63, 3.8) is 0 Å². The first-order valence-corrected chi connectivity index (χ1v) is 6.26. The van der Waals surface area contributed by atoms with Gasteiger partial charge in [0.05, 0.1) is 10.6 Å². The van der Waals surface area contributed by atoms with Crippen LogP contribution in [0.15, 0.2) is 28.7 Å². The fourth-order valence-corrected chi connectivity index (χ4v) is 2.82. The number of nitrogens with zero attached hydrogens (tertiary/aromatic N) is 1. The fourth-order valence-electron chi connectivity index (χ4n) is 1.81. The number of oxazole rings is 1. The summed E-state index contributed by atoms with van der Waals surface area (Å²) in [6, 6.07) is 6.27. The van der Waals surface area contributed by atoms with E-state index in [1.165, 1.54) is 23.5 Å². The third kappa shape index (κ3) is 2.00. The van der Waals surface area contributed by atoms with Crippen LogP contribution in [0.4, 0.5) is 4.39 Å². The van der Waals surface area contributed by atoms with Gasteiger partial charge in [0.15, 0.2) is 0 Å². The van der Waals surface area contributed by atoms with Gasteiger partial charge in [0.2, 0.25) is 11.7 Å². The number of aryl methyl sites for hydroxylation is 1. The number of thiophene rings is 1. The Bertz CT molecular complexity index is 790. The van der Waals surface area contributed by atoms with Crippen molar-refractivity contribution in [1.82, 2.24) is 4.98 Å². The Morgan fingerprint density at radius 3 is 2.89 bits per heavy atom. The molecule has 3 aromatic rings. The quantitative estimate of drug-likeness (QED) is 0.775. The van der Waals surface area contributed by atoms with Crippen molar-refractivity contribution in [2.45, 2.75) is 6.92 Å². The molecule has 1 N–H and O–H groups in total. The van der Waals surface area contributed by atoms with Crippen LogP contribution in [0, 0.1) is 12.7 Å². The van der Waals surface area contributed by atoms with E-state index in [9.17, 15) is 9.18 Å². The van der Waals surface area contributed by atoms with Gasteiger partial charge in [-0.1, -0.05) is 6.07 Å². The molecule has 0 fully saturated rings. The van der Waals surface area contributed by atoms with Crippen molar-refractivity contribution >= 4 is 27.4 Å². The van der Waals surface area contributed by atoms with Crippen LogP contribution in [-0.2, 0) is 0 Å². The minimum Gasteiger partial charge on any atom is -0.475 e. The molecule has 0 amide bonds. The Kier molecular flexibility index (Phi) is 2.60. The van der Waals surface area contributed by atoms with Crippen LogP contribution < -0.4 is 0 Å². The summed E-state index contributed by atoms with van der Waals surface area (Å²) in [4.78, 5) is 15.7. The molecule has 0 saturated heterocycles. The zero-order valence-corrected chi connectivity index (χ0v) is 10.6. The number of hydrogen-bond acceptors (Lipinski definition) is 4. The van der Waals surface area contributed by atoms with Gasteiger partial charge in [-0.15, -0.1) is 11.3 Å². The molecule has 2 heterocycles. The second-order valence-electron chi connectivity index (χ2n) is 4.03. The van der Waals surface area contributed by atoms with Crippen LogP contribution in [0.2, 0.25) is 0 Å². The average Bonchev–Trinajstić information content (AvgIpc) is 2.91. The van der Waals surface area contributed by atoms with E-state index in [1.807, 2.05) is 0 Å². The second kappa shape index (κ2) is 4.17. The van der Waals surface area contributed by atoms with Crippen molar-refractivity contribution in [2.75, 3.05) is 0 Å². The standard InChI is InChI=1S/C13H8FNO3S/c1-6-11(13(16)17)18-12(15-6)10-4-7-2-3-8(14)5-9(7)19-10/h2-5H,1H3,(H,16,17). The average molecular weight is 277 g/mol. The number of benzene rings is 1. The SMILES string of the molecule is Cc1nc(-c2cc3ccc(F)cc3s2)oc1C(=O)O. The van der Waals surface area contributed by atoms with Gasteiger partial charge in [-0.25, -0.2) is 14.2 Å². The summed E-state index contributed by atoms with van der Waals surface area (Å²) >= 11 is 1.31. The minimum atomic E-state index is -1.15. The van der Waals surface area contributed by atoms with Crippen molar-refractivity contribution < 1.29 is 18.7 Å². The highest BCUT2D eigenvalue weighted by Gasteiger charge is 2.18. The first-order chi connectivity index (χ1) is 9.04. The smallest absolute Gasteiger partial charge is 0.373 e. The largest absolute Gasteiger partial charge is 0.475 e. The molecule has 0 radical (unpaired) electrons. The Balaban J connectivity index is 2.13. The van der Waals surface area contributed by atoms with Gasteiger partial charge < -0.3 is 9.52 Å². The predicted molar refractivity (Wildman–Crippen MR) is 69.0 cm³/mol. The summed E-state index contributed by atoms with van der Waals surface area (Å²) in [6.07, 6.45) is 0. The molecule has 2 aromatic heterocycles. The third-order valence-corrected chi connectivity index (χ3v) is 3.77. The molecule has 0 unspecified atom stereocenters. The summed E-state index contributed by atoms with van der Waals surface area (Å²) in [5, 5.41) is 9.79. The number of carboxylic acids is 1. The van der Waals surface area contributed by atoms with Gasteiger partial charge in [0.1, 0.15) is 5.82 Å². The molecule has 0 aliphatic carbocycles. The fraction of sp³-hybridized carbons (Fsp3) is 0.0769. The lowest BCUT2D eigenvalue weighted by Gasteiger charge is -1.87. The lowest BCUT2D eigenvalue weighted by atomic mass is 10.2. The number of halogens is 1. The topological polar surface area (TPSA) is 63.3 Å². The lowest BCUT2D eigenvalue weighted by molar-refractivity contribution is 0.0662. The highest BCUT2D eigenvalue weighted by Crippen LogP contribution is 2.34. The van der Waals surface area contributed by atoms with Crippen molar-refractivity contribution in [1.29, 1.82) is 0 Å². The molecule has 0 aliphatic heterocycles. The number of hydrogen-bond donors (Lipinski definition) is 1. The molecule has 96 valence electrons. The summed E-state index contributed by atoms with van der Waals surface area (Å²) < 4.78 is 19.1. The summed E-state index contributed by atoms with van der Waals surface area (Å²) in [5.74, 6) is -1.38. The van der Waals surface area contributed by atoms with E-state index in [4.69, 9.17) is 9.52 Å². The maximum absolute atomic E-state index is 13.1. The normalized spacial score (nSPS) is 11.1. The highest BCUT2D eigenvalue weighted by molar-refractivity contribution is 7.22. The Morgan fingerprint density at radius 2 is 2.21 bits per heavy atom. The molecular weight excluding hydrogens is 269 g/mol. The van der Waals surface area contributed by atoms with Gasteiger partial charge in [-0.05, 0) is 30.5 Å². The van der Waals surface area contributed by atoms with Crippen LogP contribution in [0.1, 0.15) is 16.2 Å². The molecule has 0 atom stereocenters. The molecule has 3 rings (SSSR count). The predicted octanol–water partition coefficient (Wildman–Crippen LogP) is 3.70. The van der Waals surface area contributed by atoms with E-state index in [0.717, 1.165) is 10.1 Å². The number of carboxylic acid groups (broad SMARTS) is 1. The van der Waals surface area contributed by atoms with Gasteiger partial charge in [-0.2, -0.15) is 0 Å². The molecule has 0 aliphatic rings. The van der Waals surface area contributed by atoms with E-state index >= 15 is 0 Å². The number of rotatable bonds is 2. The zero-order valence-electron chi connectivity index (χ0n) is 9.81. The Hall–Kier alpha value is -2.21. The van der Waals surface area contributed by atoms with Crippen LogP contribution in [-0.4, -0.2) is 16.1 Å². The van der Waals surface area contributed by atoms with E-state index < -0.39 is 5.97 Å². The number of aromatic nitrogens is 1. The van der Waals surface area contributed by atoms with Crippen LogP contribution in [0.5, 0.6) is 0 Å². The highest BCUT2D eigenvalue weighted by atomic mass is 32.1. The summed E-state index contributed by atoms with van der Waals surface area (Å²) in [5.41, 5.74) is 0.325. The van der Waals surface area contributed by atoms with Crippen molar-refractivity contribution in [3.8, 4) is 10.8 Å². The molecule has 19 heavy (non-hydrogen) atoms. The van der Waals surface area contributed by atoms with Crippen molar-refractivity contribution in [2.24, 2.45) is 0 Å². The molecule has 0 bridgehead atoms. The molecule has 0 spiro atoms. The molecule has 0 saturated carbocycles. The van der Waals surface area contributed by atoms with E-state index in [2.05, 4.69) is 4.98 Å². The van der Waals surface area contributed by atoms with Gasteiger partial charge in [0.25, 0.3) is 0 Å². The molecular formula is C13H8FNO3S. The maximum Gasteiger partial charge on any atom is 0.373 e. The first kappa shape index (κ1) is 11.9. The number of carbonyl (C=O) groups is 1. The first-order valence-electron chi connectivity index (χ1n) is 5.45. The number of aromatic carboxylic acids is 1. The Labute approximate surface area is 111 Å². The van der Waals surface area contributed by atoms with E-state index in [-0.39, 0.29) is 17.5 Å². The minimum absolute atomic E-state index is 0.168. The van der Waals surface area contributed by atoms with Gasteiger partial charge >= 0.3 is 5.97 Å². The summed E-state index contributed by atoms with van der Waals surface area (Å²) in [7, 11) is 0. The Morgan fingerprint density at radius 1 is 1.42 bits per heavy atom. The number of fused-ring (bicyclic) bond motifs is 1. The zero-order chi connectivity index (χ0) is 13.6.